The summed E-state index contributed by atoms with van der Waals surface area (Å²) in [6.45, 7) is 0. The summed E-state index contributed by atoms with van der Waals surface area (Å²) in [5, 5.41) is 17.0. The molecule has 4 aromatic rings. The summed E-state index contributed by atoms with van der Waals surface area (Å²) in [4.78, 5) is 14.0. The van der Waals surface area contributed by atoms with Gasteiger partial charge in [0.05, 0.1) is 0 Å². The van der Waals surface area contributed by atoms with Gasteiger partial charge in [-0.1, -0.05) is 24.3 Å². The Morgan fingerprint density at radius 3 is 1.08 bits per heavy atom. The summed E-state index contributed by atoms with van der Waals surface area (Å²) < 4.78 is 68.6. The van der Waals surface area contributed by atoms with Gasteiger partial charge in [0.1, 0.15) is 0 Å². The lowest BCUT2D eigenvalue weighted by Crippen LogP contribution is -2.61. The summed E-state index contributed by atoms with van der Waals surface area (Å²) in [6, 6.07) is 10.2. The summed E-state index contributed by atoms with van der Waals surface area (Å²) in [7, 11) is -4.46. The molecule has 0 saturated carbocycles. The summed E-state index contributed by atoms with van der Waals surface area (Å²) in [5.41, 5.74) is 1.51. The van der Waals surface area contributed by atoms with Gasteiger partial charge in [-0.3, -0.25) is 0 Å². The minimum absolute atomic E-state index is 0.182. The van der Waals surface area contributed by atoms with Crippen molar-refractivity contribution in [3.05, 3.63) is 97.1 Å². The van der Waals surface area contributed by atoms with Crippen LogP contribution in [0, 0.1) is 23.8 Å². The minimum atomic E-state index is -1.58. The second kappa shape index (κ2) is 12.1. The molecule has 4 aromatic heterocycles. The maximum Gasteiger partial charge on any atom is 0.490 e. The van der Waals surface area contributed by atoms with Crippen LogP contribution in [0.15, 0.2) is 73.3 Å². The number of nitrogens with zero attached hydrogens (tertiary/aromatic N) is 4. The molecule has 2 N–H and O–H groups in total. The third-order valence-electron chi connectivity index (χ3n) is 4.86. The second-order valence-corrected chi connectivity index (χ2v) is 7.43. The third-order valence-corrected chi connectivity index (χ3v) is 4.86. The molecule has 0 atom stereocenters. The Morgan fingerprint density at radius 2 is 0.838 bits per heavy atom. The number of hydrogen-bond donors (Lipinski definition) is 2. The zero-order valence-electron chi connectivity index (χ0n) is 18.7. The van der Waals surface area contributed by atoms with E-state index in [4.69, 9.17) is 23.8 Å². The van der Waals surface area contributed by atoms with Crippen LogP contribution in [-0.2, 0) is 13.7 Å². The van der Waals surface area contributed by atoms with E-state index in [0.29, 0.717) is 16.4 Å². The van der Waals surface area contributed by atoms with E-state index in [1.807, 2.05) is 0 Å². The lowest BCUT2D eigenvalue weighted by molar-refractivity contribution is 0.308. The first kappa shape index (κ1) is 26.4. The third kappa shape index (κ3) is 7.21. The van der Waals surface area contributed by atoms with Crippen LogP contribution in [0.3, 0.4) is 0 Å². The Balaban J connectivity index is 0.000000270. The number of aromatic nitrogens is 4. The maximum absolute atomic E-state index is 13.1. The van der Waals surface area contributed by atoms with Gasteiger partial charge in [-0.25, -0.2) is 19.9 Å². The fourth-order valence-electron chi connectivity index (χ4n) is 3.02. The van der Waals surface area contributed by atoms with Gasteiger partial charge in [-0.15, -0.1) is 0 Å². The zero-order valence-corrected chi connectivity index (χ0v) is 18.7. The van der Waals surface area contributed by atoms with Crippen molar-refractivity contribution < 1.29 is 41.3 Å². The molecule has 0 aromatic carbocycles. The van der Waals surface area contributed by atoms with Crippen molar-refractivity contribution in [3.63, 3.8) is 0 Å². The number of pyridine rings is 4. The van der Waals surface area contributed by atoms with Crippen molar-refractivity contribution in [2.75, 3.05) is 0 Å². The van der Waals surface area contributed by atoms with Crippen LogP contribution in [0.25, 0.3) is 0 Å². The predicted octanol–water partition coefficient (Wildman–Crippen LogP) is -1.26. The average molecular weight is 510 g/mol. The van der Waals surface area contributed by atoms with Gasteiger partial charge in [0.25, 0.3) is 0 Å². The lowest BCUT2D eigenvalue weighted by Gasteiger charge is -2.31. The van der Waals surface area contributed by atoms with Crippen molar-refractivity contribution in [2.45, 2.75) is 0 Å². The molecule has 0 amide bonds. The topological polar surface area (TPSA) is 120 Å². The first-order chi connectivity index (χ1) is 17.8. The van der Waals surface area contributed by atoms with E-state index in [2.05, 4.69) is 19.9 Å². The monoisotopic (exact) mass is 510 g/mol. The smallest absolute Gasteiger partial charge is 0.444 e. The molecule has 0 aliphatic carbocycles. The number of rotatable bonds is 4. The van der Waals surface area contributed by atoms with Gasteiger partial charge in [0, 0.05) is 30.3 Å². The van der Waals surface area contributed by atoms with E-state index in [1.165, 1.54) is 61.1 Å². The fourth-order valence-corrected chi connectivity index (χ4v) is 3.02. The SMILES string of the molecule is Fc1ccc(B2OB(c3ccc(F)nc3)OB(c3ccc(F)nc3)O2)cn1.OB(O)c1ccc(F)nc1. The first-order valence-electron chi connectivity index (χ1n) is 10.6. The Hall–Kier alpha value is -3.62. The standard InChI is InChI=1S/C15H9B3F3N3O3.C5H5BFNO2/c19-13-4-1-10(7-22-13)16-25-17(11-2-5-14(20)23-8-11)27-18(26-16)12-3-6-15(21)24-9-12;7-5-2-1-4(3-8-5)6(9)10/h1-9H;1-3,9-10H. The highest BCUT2D eigenvalue weighted by atomic mass is 19.1. The van der Waals surface area contributed by atoms with Crippen LogP contribution >= 0.6 is 0 Å². The Morgan fingerprint density at radius 1 is 0.514 bits per heavy atom. The number of halogens is 4. The highest BCUT2D eigenvalue weighted by Gasteiger charge is 2.44. The van der Waals surface area contributed by atoms with Crippen LogP contribution in [0.2, 0.25) is 0 Å². The zero-order chi connectivity index (χ0) is 26.4. The molecule has 0 spiro atoms. The van der Waals surface area contributed by atoms with Crippen molar-refractivity contribution >= 4 is 50.3 Å². The van der Waals surface area contributed by atoms with Gasteiger partial charge in [-0.05, 0) is 40.7 Å². The van der Waals surface area contributed by atoms with Gasteiger partial charge in [0.2, 0.25) is 23.8 Å². The number of hydrogen-bond acceptors (Lipinski definition) is 9. The van der Waals surface area contributed by atoms with E-state index in [-0.39, 0.29) is 5.46 Å². The van der Waals surface area contributed by atoms with E-state index in [1.54, 1.807) is 0 Å². The molecule has 5 rings (SSSR count). The summed E-state index contributed by atoms with van der Waals surface area (Å²) in [6.07, 6.45) is 4.88. The van der Waals surface area contributed by atoms with E-state index in [9.17, 15) is 17.6 Å². The second-order valence-electron chi connectivity index (χ2n) is 7.43. The van der Waals surface area contributed by atoms with Crippen molar-refractivity contribution in [1.29, 1.82) is 0 Å². The Bertz CT molecular complexity index is 1170. The molecule has 1 fully saturated rings. The molecule has 1 aliphatic rings. The molecular weight excluding hydrogens is 495 g/mol. The molecule has 37 heavy (non-hydrogen) atoms. The summed E-state index contributed by atoms with van der Waals surface area (Å²) >= 11 is 0. The van der Waals surface area contributed by atoms with E-state index >= 15 is 0 Å². The first-order valence-corrected chi connectivity index (χ1v) is 10.6. The Kier molecular flexibility index (Phi) is 8.63. The predicted molar refractivity (Wildman–Crippen MR) is 126 cm³/mol. The highest BCUT2D eigenvalue weighted by Crippen LogP contribution is 2.10. The van der Waals surface area contributed by atoms with Crippen LogP contribution < -0.4 is 21.9 Å². The normalized spacial score (nSPS) is 13.2. The van der Waals surface area contributed by atoms with E-state index in [0.717, 1.165) is 12.3 Å². The molecule has 0 unspecified atom stereocenters. The van der Waals surface area contributed by atoms with Gasteiger partial charge < -0.3 is 23.8 Å². The summed E-state index contributed by atoms with van der Waals surface area (Å²) in [5.74, 6) is -2.58. The maximum atomic E-state index is 13.1. The molecule has 9 nitrogen and oxygen atoms in total. The molecular formula is C20H14B4F4N4O5. The molecule has 184 valence electrons. The van der Waals surface area contributed by atoms with Crippen LogP contribution in [0.4, 0.5) is 17.6 Å². The minimum Gasteiger partial charge on any atom is -0.444 e. The average Bonchev–Trinajstić information content (AvgIpc) is 2.90. The fraction of sp³-hybridized carbons (Fsp3) is 0. The largest absolute Gasteiger partial charge is 0.490 e. The van der Waals surface area contributed by atoms with Gasteiger partial charge >= 0.3 is 28.5 Å². The van der Waals surface area contributed by atoms with Crippen molar-refractivity contribution in [3.8, 4) is 0 Å². The van der Waals surface area contributed by atoms with E-state index < -0.39 is 52.3 Å². The van der Waals surface area contributed by atoms with Crippen LogP contribution in [0.1, 0.15) is 0 Å². The van der Waals surface area contributed by atoms with Crippen molar-refractivity contribution in [2.24, 2.45) is 0 Å². The lowest BCUT2D eigenvalue weighted by atomic mass is 9.62. The quantitative estimate of drug-likeness (QED) is 0.197. The van der Waals surface area contributed by atoms with Crippen molar-refractivity contribution in [1.82, 2.24) is 19.9 Å². The van der Waals surface area contributed by atoms with Gasteiger partial charge in [0.15, 0.2) is 0 Å². The molecule has 0 bridgehead atoms. The highest BCUT2D eigenvalue weighted by molar-refractivity contribution is 6.87. The van der Waals surface area contributed by atoms with Crippen LogP contribution in [-0.4, -0.2) is 58.5 Å². The molecule has 1 aliphatic heterocycles. The molecule has 0 radical (unpaired) electrons. The molecule has 1 saturated heterocycles. The Labute approximate surface area is 209 Å². The molecule has 5 heterocycles. The molecule has 17 heteroatoms. The van der Waals surface area contributed by atoms with Crippen LogP contribution in [0.5, 0.6) is 0 Å². The van der Waals surface area contributed by atoms with Gasteiger partial charge in [-0.2, -0.15) is 17.6 Å².